The van der Waals surface area contributed by atoms with Gasteiger partial charge < -0.3 is 9.88 Å². The zero-order valence-electron chi connectivity index (χ0n) is 12.0. The van der Waals surface area contributed by atoms with Crippen LogP contribution in [0, 0.1) is 11.3 Å². The van der Waals surface area contributed by atoms with Crippen LogP contribution in [-0.2, 0) is 11.8 Å². The van der Waals surface area contributed by atoms with Crippen molar-refractivity contribution in [3.63, 3.8) is 0 Å². The van der Waals surface area contributed by atoms with Crippen LogP contribution in [0.2, 0.25) is 0 Å². The molecular weight excluding hydrogens is 306 g/mol. The van der Waals surface area contributed by atoms with Gasteiger partial charge in [0.15, 0.2) is 5.16 Å². The Balaban J connectivity index is 1.94. The first-order valence-corrected chi connectivity index (χ1v) is 8.19. The highest BCUT2D eigenvalue weighted by molar-refractivity contribution is 7.99. The summed E-state index contributed by atoms with van der Waals surface area (Å²) >= 11 is 2.67. The van der Waals surface area contributed by atoms with Crippen molar-refractivity contribution in [2.24, 2.45) is 7.05 Å². The summed E-state index contributed by atoms with van der Waals surface area (Å²) in [5.74, 6) is 1.25. The normalized spacial score (nSPS) is 10.6. The molecule has 6 nitrogen and oxygen atoms in total. The standard InChI is InChI=1S/C13H15N5OS2/c1-8(2)11-16-17-13(18(11)3)21-7-10(19)15-12-9(6-14)4-5-20-12/h4-5,8H,7H2,1-3H3,(H,15,19). The van der Waals surface area contributed by atoms with Gasteiger partial charge in [0, 0.05) is 13.0 Å². The second-order valence-electron chi connectivity index (χ2n) is 4.67. The van der Waals surface area contributed by atoms with Crippen LogP contribution >= 0.6 is 23.1 Å². The van der Waals surface area contributed by atoms with Crippen LogP contribution < -0.4 is 5.32 Å². The van der Waals surface area contributed by atoms with Gasteiger partial charge >= 0.3 is 0 Å². The van der Waals surface area contributed by atoms with Gasteiger partial charge in [0.05, 0.1) is 11.3 Å². The van der Waals surface area contributed by atoms with E-state index in [1.54, 1.807) is 11.4 Å². The van der Waals surface area contributed by atoms with E-state index in [2.05, 4.69) is 15.5 Å². The van der Waals surface area contributed by atoms with Crippen LogP contribution in [0.1, 0.15) is 31.2 Å². The summed E-state index contributed by atoms with van der Waals surface area (Å²) in [6, 6.07) is 3.73. The molecule has 2 heterocycles. The minimum absolute atomic E-state index is 0.159. The molecule has 21 heavy (non-hydrogen) atoms. The van der Waals surface area contributed by atoms with E-state index in [0.29, 0.717) is 15.7 Å². The third-order valence-corrected chi connectivity index (χ3v) is 4.61. The highest BCUT2D eigenvalue weighted by Gasteiger charge is 2.14. The number of nitriles is 1. The Morgan fingerprint density at radius 3 is 2.95 bits per heavy atom. The molecule has 0 saturated carbocycles. The highest BCUT2D eigenvalue weighted by Crippen LogP contribution is 2.23. The van der Waals surface area contributed by atoms with Gasteiger partial charge in [-0.25, -0.2) is 0 Å². The second-order valence-corrected chi connectivity index (χ2v) is 6.53. The predicted octanol–water partition coefficient (Wildman–Crippen LogP) is 2.60. The Bertz CT molecular complexity index is 683. The van der Waals surface area contributed by atoms with E-state index >= 15 is 0 Å². The summed E-state index contributed by atoms with van der Waals surface area (Å²) in [7, 11) is 1.89. The van der Waals surface area contributed by atoms with E-state index in [1.807, 2.05) is 31.5 Å². The predicted molar refractivity (Wildman–Crippen MR) is 83.5 cm³/mol. The molecule has 8 heteroatoms. The summed E-state index contributed by atoms with van der Waals surface area (Å²) in [5, 5.41) is 22.9. The molecule has 1 N–H and O–H groups in total. The van der Waals surface area contributed by atoms with Gasteiger partial charge in [0.1, 0.15) is 16.9 Å². The quantitative estimate of drug-likeness (QED) is 0.856. The highest BCUT2D eigenvalue weighted by atomic mass is 32.2. The minimum atomic E-state index is -0.159. The van der Waals surface area contributed by atoms with Crippen LogP contribution in [0.5, 0.6) is 0 Å². The lowest BCUT2D eigenvalue weighted by atomic mass is 10.2. The van der Waals surface area contributed by atoms with Crippen LogP contribution in [0.15, 0.2) is 16.6 Å². The molecule has 0 unspecified atom stereocenters. The van der Waals surface area contributed by atoms with E-state index in [9.17, 15) is 4.79 Å². The molecule has 0 aliphatic rings. The third-order valence-electron chi connectivity index (χ3n) is 2.76. The number of hydrogen-bond donors (Lipinski definition) is 1. The Kier molecular flexibility index (Phi) is 4.98. The molecule has 0 aliphatic carbocycles. The lowest BCUT2D eigenvalue weighted by Crippen LogP contribution is -2.14. The number of hydrogen-bond acceptors (Lipinski definition) is 6. The number of thioether (sulfide) groups is 1. The fourth-order valence-corrected chi connectivity index (χ4v) is 3.21. The van der Waals surface area contributed by atoms with Crippen molar-refractivity contribution in [2.45, 2.75) is 24.9 Å². The first-order valence-electron chi connectivity index (χ1n) is 6.32. The molecule has 0 aliphatic heterocycles. The van der Waals surface area contributed by atoms with Crippen molar-refractivity contribution in [2.75, 3.05) is 11.1 Å². The van der Waals surface area contributed by atoms with E-state index < -0.39 is 0 Å². The van der Waals surface area contributed by atoms with Crippen molar-refractivity contribution < 1.29 is 4.79 Å². The smallest absolute Gasteiger partial charge is 0.235 e. The monoisotopic (exact) mass is 321 g/mol. The number of carbonyl (C=O) groups is 1. The van der Waals surface area contributed by atoms with Crippen LogP contribution in [-0.4, -0.2) is 26.4 Å². The van der Waals surface area contributed by atoms with Gasteiger partial charge in [-0.2, -0.15) is 5.26 Å². The zero-order chi connectivity index (χ0) is 15.4. The summed E-state index contributed by atoms with van der Waals surface area (Å²) in [6.07, 6.45) is 0. The molecular formula is C13H15N5OS2. The molecule has 0 saturated heterocycles. The SMILES string of the molecule is CC(C)c1nnc(SCC(=O)Nc2sccc2C#N)n1C. The fourth-order valence-electron chi connectivity index (χ4n) is 1.74. The molecule has 0 bridgehead atoms. The van der Waals surface area contributed by atoms with E-state index in [1.165, 1.54) is 23.1 Å². The van der Waals surface area contributed by atoms with Crippen molar-refractivity contribution in [1.82, 2.24) is 14.8 Å². The van der Waals surface area contributed by atoms with E-state index in [-0.39, 0.29) is 17.6 Å². The Hall–Kier alpha value is -1.85. The number of carbonyl (C=O) groups excluding carboxylic acids is 1. The van der Waals surface area contributed by atoms with Gasteiger partial charge in [-0.1, -0.05) is 25.6 Å². The molecule has 0 aromatic carbocycles. The molecule has 0 fully saturated rings. The molecule has 1 amide bonds. The summed E-state index contributed by atoms with van der Waals surface area (Å²) < 4.78 is 1.90. The Labute approximate surface area is 131 Å². The van der Waals surface area contributed by atoms with Crippen LogP contribution in [0.25, 0.3) is 0 Å². The van der Waals surface area contributed by atoms with E-state index in [4.69, 9.17) is 5.26 Å². The molecule has 0 radical (unpaired) electrons. The lowest BCUT2D eigenvalue weighted by molar-refractivity contribution is -0.113. The van der Waals surface area contributed by atoms with Crippen molar-refractivity contribution >= 4 is 34.0 Å². The first-order chi connectivity index (χ1) is 10.0. The largest absolute Gasteiger partial charge is 0.316 e. The second kappa shape index (κ2) is 6.74. The third kappa shape index (κ3) is 3.62. The maximum absolute atomic E-state index is 11.9. The molecule has 110 valence electrons. The maximum Gasteiger partial charge on any atom is 0.235 e. The summed E-state index contributed by atoms with van der Waals surface area (Å²) in [5.41, 5.74) is 0.485. The van der Waals surface area contributed by atoms with Crippen molar-refractivity contribution in [3.8, 4) is 6.07 Å². The fraction of sp³-hybridized carbons (Fsp3) is 0.385. The zero-order valence-corrected chi connectivity index (χ0v) is 13.6. The average Bonchev–Trinajstić information content (AvgIpc) is 3.03. The number of nitrogens with one attached hydrogen (secondary N) is 1. The van der Waals surface area contributed by atoms with Crippen molar-refractivity contribution in [3.05, 3.63) is 22.8 Å². The maximum atomic E-state index is 11.9. The summed E-state index contributed by atoms with van der Waals surface area (Å²) in [6.45, 7) is 4.09. The number of aromatic nitrogens is 3. The lowest BCUT2D eigenvalue weighted by Gasteiger charge is -2.06. The van der Waals surface area contributed by atoms with Gasteiger partial charge in [0.25, 0.3) is 0 Å². The number of amides is 1. The molecule has 2 rings (SSSR count). The Morgan fingerprint density at radius 2 is 2.33 bits per heavy atom. The van der Waals surface area contributed by atoms with Crippen LogP contribution in [0.3, 0.4) is 0 Å². The van der Waals surface area contributed by atoms with Gasteiger partial charge in [-0.3, -0.25) is 4.79 Å². The Morgan fingerprint density at radius 1 is 1.57 bits per heavy atom. The van der Waals surface area contributed by atoms with Gasteiger partial charge in [0.2, 0.25) is 5.91 Å². The topological polar surface area (TPSA) is 83.6 Å². The summed E-state index contributed by atoms with van der Waals surface area (Å²) in [4.78, 5) is 11.9. The number of rotatable bonds is 5. The molecule has 0 spiro atoms. The van der Waals surface area contributed by atoms with Gasteiger partial charge in [-0.15, -0.1) is 21.5 Å². The van der Waals surface area contributed by atoms with E-state index in [0.717, 1.165) is 5.82 Å². The minimum Gasteiger partial charge on any atom is -0.316 e. The van der Waals surface area contributed by atoms with Crippen molar-refractivity contribution in [1.29, 1.82) is 5.26 Å². The molecule has 2 aromatic heterocycles. The number of nitrogens with zero attached hydrogens (tertiary/aromatic N) is 4. The number of anilines is 1. The first kappa shape index (κ1) is 15.5. The molecule has 2 aromatic rings. The molecule has 0 atom stereocenters. The van der Waals surface area contributed by atoms with Crippen LogP contribution in [0.4, 0.5) is 5.00 Å². The number of thiophene rings is 1. The van der Waals surface area contributed by atoms with Gasteiger partial charge in [-0.05, 0) is 11.4 Å². The average molecular weight is 321 g/mol.